The molecule has 0 aromatic carbocycles. The van der Waals surface area contributed by atoms with Crippen molar-refractivity contribution in [3.8, 4) is 0 Å². The molecule has 0 rings (SSSR count). The number of carbonyl (C=O) groups is 2. The van der Waals surface area contributed by atoms with Crippen LogP contribution in [0.5, 0.6) is 0 Å². The lowest BCUT2D eigenvalue weighted by Gasteiger charge is -2.39. The van der Waals surface area contributed by atoms with E-state index in [1.54, 1.807) is 0 Å². The number of hydrogen-bond acceptors (Lipinski definition) is 4. The molecule has 21 heavy (non-hydrogen) atoms. The fourth-order valence-electron chi connectivity index (χ4n) is 1.43. The molecule has 0 N–H and O–H groups in total. The summed E-state index contributed by atoms with van der Waals surface area (Å²) in [5.74, 6) is -0.223. The van der Waals surface area contributed by atoms with Gasteiger partial charge in [0, 0.05) is 12.8 Å². The van der Waals surface area contributed by atoms with Crippen molar-refractivity contribution in [2.45, 2.75) is 78.6 Å². The molecule has 0 aliphatic rings. The van der Waals surface area contributed by atoms with Gasteiger partial charge in [0.15, 0.2) is 8.32 Å². The minimum absolute atomic E-state index is 0.0935. The number of hydrogen-bond donors (Lipinski definition) is 0. The van der Waals surface area contributed by atoms with Gasteiger partial charge >= 0.3 is 5.97 Å². The highest BCUT2D eigenvalue weighted by Crippen LogP contribution is 2.37. The minimum atomic E-state index is -1.92. The monoisotopic (exact) mass is 316 g/mol. The fourth-order valence-corrected chi connectivity index (χ4v) is 2.83. The maximum absolute atomic E-state index is 11.7. The van der Waals surface area contributed by atoms with Crippen LogP contribution in [-0.2, 0) is 18.8 Å². The molecule has 5 heteroatoms. The maximum atomic E-state index is 11.7. The van der Waals surface area contributed by atoms with Gasteiger partial charge in [0.25, 0.3) is 0 Å². The predicted octanol–water partition coefficient (Wildman–Crippen LogP) is 3.95. The Morgan fingerprint density at radius 3 is 2.05 bits per heavy atom. The van der Waals surface area contributed by atoms with E-state index in [0.29, 0.717) is 19.4 Å². The Labute approximate surface area is 130 Å². The lowest BCUT2D eigenvalue weighted by molar-refractivity contribution is -0.153. The molecule has 0 amide bonds. The van der Waals surface area contributed by atoms with Gasteiger partial charge in [0.1, 0.15) is 6.29 Å². The van der Waals surface area contributed by atoms with Crippen LogP contribution in [0.15, 0.2) is 0 Å². The van der Waals surface area contributed by atoms with E-state index in [9.17, 15) is 9.59 Å². The van der Waals surface area contributed by atoms with Crippen molar-refractivity contribution < 1.29 is 18.8 Å². The van der Waals surface area contributed by atoms with Gasteiger partial charge in [0.2, 0.25) is 0 Å². The van der Waals surface area contributed by atoms with Crippen molar-refractivity contribution >= 4 is 20.6 Å². The molecule has 0 spiro atoms. The Balaban J connectivity index is 4.52. The summed E-state index contributed by atoms with van der Waals surface area (Å²) in [4.78, 5) is 22.6. The average Bonchev–Trinajstić information content (AvgIpc) is 2.25. The second kappa shape index (κ2) is 7.54. The summed E-state index contributed by atoms with van der Waals surface area (Å²) in [6, 6.07) is 0. The van der Waals surface area contributed by atoms with Crippen LogP contribution in [0.2, 0.25) is 18.1 Å². The number of esters is 1. The highest BCUT2D eigenvalue weighted by molar-refractivity contribution is 6.74. The highest BCUT2D eigenvalue weighted by Gasteiger charge is 2.39. The molecule has 0 bridgehead atoms. The lowest BCUT2D eigenvalue weighted by Crippen LogP contribution is -2.44. The van der Waals surface area contributed by atoms with Gasteiger partial charge in [-0.2, -0.15) is 0 Å². The normalized spacial score (nSPS) is 14.7. The van der Waals surface area contributed by atoms with Gasteiger partial charge in [-0.25, -0.2) is 0 Å². The van der Waals surface area contributed by atoms with Crippen molar-refractivity contribution in [2.75, 3.05) is 6.61 Å². The van der Waals surface area contributed by atoms with Crippen molar-refractivity contribution in [1.29, 1.82) is 0 Å². The molecule has 0 aliphatic carbocycles. The second-order valence-electron chi connectivity index (χ2n) is 8.08. The number of ether oxygens (including phenoxy) is 1. The van der Waals surface area contributed by atoms with Crippen molar-refractivity contribution in [1.82, 2.24) is 0 Å². The van der Waals surface area contributed by atoms with Gasteiger partial charge in [-0.05, 0) is 38.9 Å². The van der Waals surface area contributed by atoms with Crippen LogP contribution in [0.25, 0.3) is 0 Å². The van der Waals surface area contributed by atoms with E-state index in [-0.39, 0.29) is 17.1 Å². The summed E-state index contributed by atoms with van der Waals surface area (Å²) < 4.78 is 11.5. The van der Waals surface area contributed by atoms with Gasteiger partial charge in [-0.15, -0.1) is 0 Å². The minimum Gasteiger partial charge on any atom is -0.465 e. The second-order valence-corrected chi connectivity index (χ2v) is 12.8. The van der Waals surface area contributed by atoms with Crippen LogP contribution < -0.4 is 0 Å². The highest BCUT2D eigenvalue weighted by atomic mass is 28.4. The van der Waals surface area contributed by atoms with Crippen molar-refractivity contribution in [3.63, 3.8) is 0 Å². The third kappa shape index (κ3) is 7.22. The fraction of sp³-hybridized carbons (Fsp3) is 0.875. The molecule has 0 heterocycles. The predicted molar refractivity (Wildman–Crippen MR) is 87.8 cm³/mol. The molecule has 4 nitrogen and oxygen atoms in total. The molecular weight excluding hydrogens is 284 g/mol. The molecule has 0 saturated carbocycles. The number of rotatable bonds is 7. The standard InChI is InChI=1S/C16H32O4Si/c1-15(2,3)14(18)19-12-10-13(9-11-17)20-21(7,8)16(4,5)6/h11,13H,9-10,12H2,1-8H3/t13-/m0/s1. The Morgan fingerprint density at radius 1 is 1.14 bits per heavy atom. The van der Waals surface area contributed by atoms with E-state index in [1.807, 2.05) is 20.8 Å². The molecule has 0 saturated heterocycles. The Hall–Kier alpha value is -0.683. The third-order valence-corrected chi connectivity index (χ3v) is 8.45. The van der Waals surface area contributed by atoms with Crippen LogP contribution in [0.4, 0.5) is 0 Å². The Morgan fingerprint density at radius 2 is 1.67 bits per heavy atom. The smallest absolute Gasteiger partial charge is 0.311 e. The summed E-state index contributed by atoms with van der Waals surface area (Å²) in [6.45, 7) is 16.6. The summed E-state index contributed by atoms with van der Waals surface area (Å²) in [7, 11) is -1.92. The molecule has 0 aromatic heterocycles. The first-order chi connectivity index (χ1) is 9.31. The van der Waals surface area contributed by atoms with Crippen molar-refractivity contribution in [3.05, 3.63) is 0 Å². The van der Waals surface area contributed by atoms with Gasteiger partial charge in [-0.3, -0.25) is 4.79 Å². The summed E-state index contributed by atoms with van der Waals surface area (Å²) in [5.41, 5.74) is -0.500. The molecule has 0 aliphatic heterocycles. The van der Waals surface area contributed by atoms with Crippen LogP contribution in [-0.4, -0.2) is 33.3 Å². The zero-order valence-electron chi connectivity index (χ0n) is 14.9. The average molecular weight is 317 g/mol. The molecule has 1 atom stereocenters. The number of aldehydes is 1. The Bertz CT molecular complexity index is 350. The lowest BCUT2D eigenvalue weighted by atomic mass is 9.97. The van der Waals surface area contributed by atoms with E-state index >= 15 is 0 Å². The van der Waals surface area contributed by atoms with E-state index in [0.717, 1.165) is 6.29 Å². The van der Waals surface area contributed by atoms with Crippen LogP contribution >= 0.6 is 0 Å². The zero-order chi connectivity index (χ0) is 16.9. The Kier molecular flexibility index (Phi) is 7.30. The third-order valence-electron chi connectivity index (χ3n) is 3.91. The van der Waals surface area contributed by atoms with Gasteiger partial charge < -0.3 is 14.0 Å². The van der Waals surface area contributed by atoms with Crippen LogP contribution in [0, 0.1) is 5.41 Å². The van der Waals surface area contributed by atoms with Crippen LogP contribution in [0.3, 0.4) is 0 Å². The largest absolute Gasteiger partial charge is 0.465 e. The molecular formula is C16H32O4Si. The van der Waals surface area contributed by atoms with E-state index in [2.05, 4.69) is 33.9 Å². The summed E-state index contributed by atoms with van der Waals surface area (Å²) in [6.07, 6.45) is 1.62. The topological polar surface area (TPSA) is 52.6 Å². The quantitative estimate of drug-likeness (QED) is 0.405. The summed E-state index contributed by atoms with van der Waals surface area (Å²) in [5, 5.41) is 0.0935. The molecule has 0 unspecified atom stereocenters. The van der Waals surface area contributed by atoms with Gasteiger partial charge in [-0.1, -0.05) is 20.8 Å². The molecule has 124 valence electrons. The molecule has 0 aromatic rings. The SMILES string of the molecule is CC(C)(C)C(=O)OCC[C@H](CC=O)O[Si](C)(C)C(C)(C)C. The molecule has 0 fully saturated rings. The van der Waals surface area contributed by atoms with E-state index in [1.165, 1.54) is 0 Å². The number of carbonyl (C=O) groups excluding carboxylic acids is 2. The first-order valence-corrected chi connectivity index (χ1v) is 10.5. The van der Waals surface area contributed by atoms with Gasteiger partial charge in [0.05, 0.1) is 18.1 Å². The van der Waals surface area contributed by atoms with E-state index in [4.69, 9.17) is 9.16 Å². The first-order valence-electron chi connectivity index (χ1n) is 7.60. The first kappa shape index (κ1) is 20.3. The van der Waals surface area contributed by atoms with Crippen molar-refractivity contribution in [2.24, 2.45) is 5.41 Å². The van der Waals surface area contributed by atoms with E-state index < -0.39 is 13.7 Å². The summed E-state index contributed by atoms with van der Waals surface area (Å²) >= 11 is 0. The molecule has 0 radical (unpaired) electrons. The zero-order valence-corrected chi connectivity index (χ0v) is 15.9. The maximum Gasteiger partial charge on any atom is 0.311 e. The van der Waals surface area contributed by atoms with Crippen LogP contribution in [0.1, 0.15) is 54.4 Å².